The Labute approximate surface area is 179 Å². The molecule has 1 aromatic heterocycles. The van der Waals surface area contributed by atoms with Gasteiger partial charge < -0.3 is 0 Å². The fourth-order valence-electron chi connectivity index (χ4n) is 4.01. The van der Waals surface area contributed by atoms with Crippen molar-refractivity contribution in [1.82, 2.24) is 0 Å². The highest BCUT2D eigenvalue weighted by molar-refractivity contribution is 5.80. The number of aromatic nitrogens is 1. The average molecular weight is 399 g/mol. The Morgan fingerprint density at radius 1 is 0.586 bits per heavy atom. The minimum Gasteiger partial charge on any atom is -0.271 e. The van der Waals surface area contributed by atoms with Gasteiger partial charge in [-0.2, -0.15) is 0 Å². The van der Waals surface area contributed by atoms with E-state index in [0.717, 1.165) is 13.0 Å². The maximum atomic E-state index is 5.85. The highest BCUT2D eigenvalue weighted by Gasteiger charge is 2.03. The van der Waals surface area contributed by atoms with Crippen LogP contribution in [0, 0.1) is 0 Å². The Morgan fingerprint density at radius 2 is 1.07 bits per heavy atom. The van der Waals surface area contributed by atoms with Gasteiger partial charge in [0.2, 0.25) is 12.4 Å². The normalized spacial score (nSPS) is 11.2. The molecule has 2 rings (SSSR count). The van der Waals surface area contributed by atoms with E-state index < -0.39 is 0 Å². The van der Waals surface area contributed by atoms with Gasteiger partial charge in [-0.15, -0.1) is 0 Å². The summed E-state index contributed by atoms with van der Waals surface area (Å²) in [7, 11) is 0. The number of benzene rings is 1. The molecule has 0 saturated carbocycles. The zero-order chi connectivity index (χ0) is 20.4. The predicted octanol–water partition coefficient (Wildman–Crippen LogP) is 7.82. The fourth-order valence-corrected chi connectivity index (χ4v) is 4.01. The van der Waals surface area contributed by atoms with Crippen LogP contribution in [0.4, 0.5) is 0 Å². The summed E-state index contributed by atoms with van der Waals surface area (Å²) in [5.41, 5.74) is 0. The molecule has 0 aliphatic heterocycles. The summed E-state index contributed by atoms with van der Waals surface area (Å²) in [6.07, 6.45) is 26.5. The van der Waals surface area contributed by atoms with Gasteiger partial charge in [-0.05, 0) is 24.3 Å². The monoisotopic (exact) mass is 398 g/mol. The zero-order valence-electron chi connectivity index (χ0n) is 18.9. The van der Waals surface area contributed by atoms with Crippen LogP contribution in [-0.4, -0.2) is 6.61 Å². The number of hydrogen-bond acceptors (Lipinski definition) is 1. The summed E-state index contributed by atoms with van der Waals surface area (Å²) in [6, 6.07) is 10.5. The molecule has 0 atom stereocenters. The van der Waals surface area contributed by atoms with Crippen LogP contribution >= 0.6 is 0 Å². The second kappa shape index (κ2) is 16.3. The van der Waals surface area contributed by atoms with Crippen molar-refractivity contribution in [2.24, 2.45) is 0 Å². The molecule has 2 aromatic rings. The highest BCUT2D eigenvalue weighted by atomic mass is 16.7. The highest BCUT2D eigenvalue weighted by Crippen LogP contribution is 2.13. The number of hydrogen-bond donors (Lipinski definition) is 0. The van der Waals surface area contributed by atoms with Gasteiger partial charge in [-0.25, -0.2) is 0 Å². The number of rotatable bonds is 18. The van der Waals surface area contributed by atoms with Crippen molar-refractivity contribution in [2.45, 2.75) is 110 Å². The third kappa shape index (κ3) is 11.3. The first-order valence-corrected chi connectivity index (χ1v) is 12.4. The van der Waals surface area contributed by atoms with E-state index in [1.807, 2.05) is 10.9 Å². The lowest BCUT2D eigenvalue weighted by Gasteiger charge is -2.03. The molecule has 0 radical (unpaired) electrons. The fraction of sp³-hybridized carbons (Fsp3) is 0.667. The molecule has 29 heavy (non-hydrogen) atoms. The van der Waals surface area contributed by atoms with Gasteiger partial charge in [-0.1, -0.05) is 115 Å². The van der Waals surface area contributed by atoms with Crippen LogP contribution in [0.25, 0.3) is 10.8 Å². The first-order chi connectivity index (χ1) is 14.4. The molecule has 2 heteroatoms. The largest absolute Gasteiger partial charge is 0.271 e. The van der Waals surface area contributed by atoms with Crippen LogP contribution < -0.4 is 9.57 Å². The lowest BCUT2D eigenvalue weighted by molar-refractivity contribution is -0.890. The molecule has 0 fully saturated rings. The van der Waals surface area contributed by atoms with E-state index in [1.54, 1.807) is 0 Å². The van der Waals surface area contributed by atoms with Gasteiger partial charge in [0.15, 0.2) is 6.61 Å². The van der Waals surface area contributed by atoms with Crippen LogP contribution in [0.5, 0.6) is 0 Å². The molecule has 0 N–H and O–H groups in total. The quantitative estimate of drug-likeness (QED) is 0.184. The first kappa shape index (κ1) is 23.7. The van der Waals surface area contributed by atoms with Gasteiger partial charge in [0, 0.05) is 10.8 Å². The SMILES string of the molecule is CCCCCCCCCCCCCCCCCCO[n+]1ccc2ccccc2c1. The number of pyridine rings is 1. The molecule has 0 aliphatic carbocycles. The van der Waals surface area contributed by atoms with Crippen LogP contribution in [0.3, 0.4) is 0 Å². The third-order valence-electron chi connectivity index (χ3n) is 5.90. The Hall–Kier alpha value is -1.57. The topological polar surface area (TPSA) is 13.1 Å². The van der Waals surface area contributed by atoms with Crippen molar-refractivity contribution in [2.75, 3.05) is 6.61 Å². The van der Waals surface area contributed by atoms with Gasteiger partial charge in [-0.3, -0.25) is 4.84 Å². The van der Waals surface area contributed by atoms with Gasteiger partial charge in [0.1, 0.15) is 0 Å². The summed E-state index contributed by atoms with van der Waals surface area (Å²) in [5, 5.41) is 2.48. The predicted molar refractivity (Wildman–Crippen MR) is 125 cm³/mol. The molecule has 162 valence electrons. The summed E-state index contributed by atoms with van der Waals surface area (Å²) in [5.74, 6) is 0. The second-order valence-corrected chi connectivity index (χ2v) is 8.57. The second-order valence-electron chi connectivity index (χ2n) is 8.57. The Balaban J connectivity index is 1.33. The van der Waals surface area contributed by atoms with Gasteiger partial charge in [0.05, 0.1) is 5.39 Å². The van der Waals surface area contributed by atoms with Crippen LogP contribution in [-0.2, 0) is 0 Å². The van der Waals surface area contributed by atoms with Gasteiger partial charge >= 0.3 is 0 Å². The number of fused-ring (bicyclic) bond motifs is 1. The molecule has 2 nitrogen and oxygen atoms in total. The number of nitrogens with zero attached hydrogens (tertiary/aromatic N) is 1. The Bertz CT molecular complexity index is 639. The van der Waals surface area contributed by atoms with E-state index in [0.29, 0.717) is 0 Å². The van der Waals surface area contributed by atoms with Crippen LogP contribution in [0.2, 0.25) is 0 Å². The van der Waals surface area contributed by atoms with Crippen LogP contribution in [0.1, 0.15) is 110 Å². The van der Waals surface area contributed by atoms with Gasteiger partial charge in [0.25, 0.3) is 0 Å². The summed E-state index contributed by atoms with van der Waals surface area (Å²) in [4.78, 5) is 5.85. The van der Waals surface area contributed by atoms with E-state index in [1.165, 1.54) is 107 Å². The smallest absolute Gasteiger partial charge is 0.230 e. The molecule has 1 aromatic carbocycles. The summed E-state index contributed by atoms with van der Waals surface area (Å²) >= 11 is 0. The van der Waals surface area contributed by atoms with Crippen molar-refractivity contribution in [1.29, 1.82) is 0 Å². The van der Waals surface area contributed by atoms with Crippen molar-refractivity contribution >= 4 is 10.8 Å². The van der Waals surface area contributed by atoms with E-state index >= 15 is 0 Å². The van der Waals surface area contributed by atoms with Crippen molar-refractivity contribution in [3.63, 3.8) is 0 Å². The summed E-state index contributed by atoms with van der Waals surface area (Å²) < 4.78 is 1.85. The molecular formula is C27H44NO+. The van der Waals surface area contributed by atoms with E-state index in [9.17, 15) is 0 Å². The Morgan fingerprint density at radius 3 is 1.62 bits per heavy atom. The molecule has 0 aliphatic rings. The molecule has 0 bridgehead atoms. The minimum absolute atomic E-state index is 0.807. The number of unbranched alkanes of at least 4 members (excludes halogenated alkanes) is 15. The van der Waals surface area contributed by atoms with E-state index in [4.69, 9.17) is 4.84 Å². The van der Waals surface area contributed by atoms with Crippen molar-refractivity contribution in [3.05, 3.63) is 42.7 Å². The van der Waals surface area contributed by atoms with Crippen molar-refractivity contribution in [3.8, 4) is 0 Å². The van der Waals surface area contributed by atoms with Crippen molar-refractivity contribution < 1.29 is 9.57 Å². The molecule has 1 heterocycles. The summed E-state index contributed by atoms with van der Waals surface area (Å²) in [6.45, 7) is 3.10. The molecule has 0 amide bonds. The molecule has 0 saturated heterocycles. The standard InChI is InChI=1S/C27H44NO/c1-2-3-4-5-6-7-8-9-10-11-12-13-14-15-16-19-24-29-28-23-22-26-20-17-18-21-27(26)25-28/h17-18,20-23,25H,2-16,19,24H2,1H3/q+1. The first-order valence-electron chi connectivity index (χ1n) is 12.4. The van der Waals surface area contributed by atoms with Crippen LogP contribution in [0.15, 0.2) is 42.7 Å². The molecule has 0 unspecified atom stereocenters. The third-order valence-corrected chi connectivity index (χ3v) is 5.90. The van der Waals surface area contributed by atoms with E-state index in [2.05, 4.69) is 43.5 Å². The zero-order valence-corrected chi connectivity index (χ0v) is 18.9. The average Bonchev–Trinajstić information content (AvgIpc) is 2.76. The lowest BCUT2D eigenvalue weighted by atomic mass is 10.0. The Kier molecular flexibility index (Phi) is 13.3. The minimum atomic E-state index is 0.807. The maximum Gasteiger partial charge on any atom is 0.230 e. The van der Waals surface area contributed by atoms with E-state index in [-0.39, 0.29) is 0 Å². The molecule has 0 spiro atoms. The maximum absolute atomic E-state index is 5.85. The lowest BCUT2D eigenvalue weighted by Crippen LogP contribution is -2.42. The molecular weight excluding hydrogens is 354 g/mol.